The topological polar surface area (TPSA) is 71.9 Å². The number of aromatic nitrogens is 1. The molecular weight excluding hydrogens is 481 g/mol. The number of rotatable bonds is 9. The Morgan fingerprint density at radius 2 is 1.91 bits per heavy atom. The number of methoxy groups -OCH3 is 2. The fourth-order valence-electron chi connectivity index (χ4n) is 3.82. The summed E-state index contributed by atoms with van der Waals surface area (Å²) in [6, 6.07) is 9.89. The van der Waals surface area contributed by atoms with Gasteiger partial charge in [0.1, 0.15) is 5.69 Å². The maximum Gasteiger partial charge on any atom is 0.416 e. The summed E-state index contributed by atoms with van der Waals surface area (Å²) in [5.74, 6) is 0.871. The molecule has 3 aromatic rings. The van der Waals surface area contributed by atoms with Crippen LogP contribution in [0.2, 0.25) is 0 Å². The molecule has 0 bridgehead atoms. The molecule has 1 heterocycles. The molecular formula is C25H25F3N2O4S. The fraction of sp³-hybridized carbons (Fsp3) is 0.360. The maximum absolute atomic E-state index is 13.5. The summed E-state index contributed by atoms with van der Waals surface area (Å²) in [7, 11) is 3.01. The molecule has 1 N–H and O–H groups in total. The van der Waals surface area contributed by atoms with Crippen molar-refractivity contribution in [2.45, 2.75) is 25.1 Å². The molecule has 1 atom stereocenters. The van der Waals surface area contributed by atoms with E-state index in [0.717, 1.165) is 36.3 Å². The summed E-state index contributed by atoms with van der Waals surface area (Å²) in [5, 5.41) is 10.9. The highest BCUT2D eigenvalue weighted by Crippen LogP contribution is 2.36. The lowest BCUT2D eigenvalue weighted by atomic mass is 10.1. The first-order valence-electron chi connectivity index (χ1n) is 11.0. The Bertz CT molecular complexity index is 1190. The Balaban J connectivity index is 1.60. The number of carbonyl (C=O) groups is 1. The number of ether oxygens (including phenoxy) is 2. The van der Waals surface area contributed by atoms with Gasteiger partial charge in [-0.15, -0.1) is 11.3 Å². The van der Waals surface area contributed by atoms with Gasteiger partial charge in [0, 0.05) is 6.54 Å². The van der Waals surface area contributed by atoms with E-state index in [-0.39, 0.29) is 17.8 Å². The van der Waals surface area contributed by atoms with Crippen LogP contribution in [0.5, 0.6) is 11.5 Å². The number of alkyl halides is 3. The Labute approximate surface area is 204 Å². The molecule has 10 heteroatoms. The summed E-state index contributed by atoms with van der Waals surface area (Å²) >= 11 is 1.11. The van der Waals surface area contributed by atoms with E-state index in [1.807, 2.05) is 0 Å². The predicted molar refractivity (Wildman–Crippen MR) is 126 cm³/mol. The zero-order valence-corrected chi connectivity index (χ0v) is 20.0. The third-order valence-electron chi connectivity index (χ3n) is 5.87. The number of benzene rings is 2. The van der Waals surface area contributed by atoms with Gasteiger partial charge < -0.3 is 19.5 Å². The van der Waals surface area contributed by atoms with E-state index in [1.165, 1.54) is 36.8 Å². The standard InChI is InChI=1S/C25H25F3N2O4S/c1-33-20-9-8-16(11-21(20)34-2)19(31)13-30(12-15-6-7-15)24(32)22-23(35-14-29-22)17-4-3-5-18(10-17)25(26,27)28/h3-5,8-11,14-15,19,31H,6-7,12-13H2,1-2H3. The molecule has 35 heavy (non-hydrogen) atoms. The van der Waals surface area contributed by atoms with Gasteiger partial charge >= 0.3 is 6.18 Å². The normalized spacial score (nSPS) is 14.5. The molecule has 1 fully saturated rings. The molecule has 1 unspecified atom stereocenters. The van der Waals surface area contributed by atoms with Crippen molar-refractivity contribution in [3.63, 3.8) is 0 Å². The number of aliphatic hydroxyl groups is 1. The fourth-order valence-corrected chi connectivity index (χ4v) is 4.59. The molecule has 1 aliphatic carbocycles. The Kier molecular flexibility index (Phi) is 7.32. The van der Waals surface area contributed by atoms with Crippen LogP contribution in [0.3, 0.4) is 0 Å². The Morgan fingerprint density at radius 3 is 2.57 bits per heavy atom. The monoisotopic (exact) mass is 506 g/mol. The van der Waals surface area contributed by atoms with Gasteiger partial charge in [0.2, 0.25) is 0 Å². The van der Waals surface area contributed by atoms with Crippen LogP contribution in [-0.2, 0) is 6.18 Å². The number of thiazole rings is 1. The zero-order chi connectivity index (χ0) is 25.2. The summed E-state index contributed by atoms with van der Waals surface area (Å²) in [5.41, 5.74) is 1.56. The number of hydrogen-bond donors (Lipinski definition) is 1. The average Bonchev–Trinajstić information content (AvgIpc) is 3.53. The van der Waals surface area contributed by atoms with E-state index in [0.29, 0.717) is 34.4 Å². The lowest BCUT2D eigenvalue weighted by molar-refractivity contribution is -0.137. The minimum absolute atomic E-state index is 0.00434. The lowest BCUT2D eigenvalue weighted by Crippen LogP contribution is -2.37. The minimum atomic E-state index is -4.49. The Morgan fingerprint density at radius 1 is 1.17 bits per heavy atom. The highest BCUT2D eigenvalue weighted by Gasteiger charge is 2.33. The summed E-state index contributed by atoms with van der Waals surface area (Å²) in [4.78, 5) is 19.6. The SMILES string of the molecule is COc1ccc(C(O)CN(CC2CC2)C(=O)c2ncsc2-c2cccc(C(F)(F)F)c2)cc1OC. The van der Waals surface area contributed by atoms with Gasteiger partial charge in [-0.05, 0) is 54.2 Å². The van der Waals surface area contributed by atoms with Crippen LogP contribution in [0.4, 0.5) is 13.2 Å². The van der Waals surface area contributed by atoms with Gasteiger partial charge in [-0.3, -0.25) is 4.79 Å². The van der Waals surface area contributed by atoms with Crippen LogP contribution < -0.4 is 9.47 Å². The number of carbonyl (C=O) groups excluding carboxylic acids is 1. The molecule has 1 saturated carbocycles. The van der Waals surface area contributed by atoms with Crippen molar-refractivity contribution in [1.29, 1.82) is 0 Å². The molecule has 0 saturated heterocycles. The molecule has 6 nitrogen and oxygen atoms in total. The van der Waals surface area contributed by atoms with Crippen LogP contribution in [-0.4, -0.2) is 48.2 Å². The third kappa shape index (κ3) is 5.76. The second kappa shape index (κ2) is 10.2. The van der Waals surface area contributed by atoms with Gasteiger partial charge in [-0.2, -0.15) is 13.2 Å². The van der Waals surface area contributed by atoms with Crippen molar-refractivity contribution in [3.8, 4) is 21.9 Å². The predicted octanol–water partition coefficient (Wildman–Crippen LogP) is 5.43. The van der Waals surface area contributed by atoms with Crippen molar-refractivity contribution in [2.24, 2.45) is 5.92 Å². The lowest BCUT2D eigenvalue weighted by Gasteiger charge is -2.26. The second-order valence-corrected chi connectivity index (χ2v) is 9.25. The number of nitrogens with zero attached hydrogens (tertiary/aromatic N) is 2. The highest BCUT2D eigenvalue weighted by atomic mass is 32.1. The average molecular weight is 507 g/mol. The van der Waals surface area contributed by atoms with Crippen molar-refractivity contribution in [1.82, 2.24) is 9.88 Å². The van der Waals surface area contributed by atoms with Gasteiger partial charge in [0.05, 0.1) is 42.8 Å². The van der Waals surface area contributed by atoms with Crippen molar-refractivity contribution < 1.29 is 32.5 Å². The summed E-state index contributed by atoms with van der Waals surface area (Å²) in [6.45, 7) is 0.438. The second-order valence-electron chi connectivity index (χ2n) is 8.39. The molecule has 1 aliphatic rings. The van der Waals surface area contributed by atoms with E-state index in [1.54, 1.807) is 18.2 Å². The van der Waals surface area contributed by atoms with Crippen LogP contribution in [0, 0.1) is 5.92 Å². The molecule has 0 spiro atoms. The quantitative estimate of drug-likeness (QED) is 0.419. The van der Waals surface area contributed by atoms with Crippen molar-refractivity contribution in [2.75, 3.05) is 27.3 Å². The molecule has 0 radical (unpaired) electrons. The van der Waals surface area contributed by atoms with E-state index in [9.17, 15) is 23.1 Å². The van der Waals surface area contributed by atoms with E-state index in [4.69, 9.17) is 9.47 Å². The summed E-state index contributed by atoms with van der Waals surface area (Å²) in [6.07, 6.45) is -3.54. The molecule has 186 valence electrons. The Hall–Kier alpha value is -3.11. The van der Waals surface area contributed by atoms with Crippen molar-refractivity contribution >= 4 is 17.2 Å². The number of amides is 1. The highest BCUT2D eigenvalue weighted by molar-refractivity contribution is 7.13. The van der Waals surface area contributed by atoms with E-state index in [2.05, 4.69) is 4.98 Å². The third-order valence-corrected chi connectivity index (χ3v) is 6.75. The molecule has 0 aliphatic heterocycles. The molecule has 2 aromatic carbocycles. The van der Waals surface area contributed by atoms with Crippen LogP contribution >= 0.6 is 11.3 Å². The molecule has 1 aromatic heterocycles. The maximum atomic E-state index is 13.5. The van der Waals surface area contributed by atoms with Crippen LogP contribution in [0.1, 0.15) is 40.6 Å². The van der Waals surface area contributed by atoms with Crippen LogP contribution in [0.15, 0.2) is 48.0 Å². The van der Waals surface area contributed by atoms with E-state index < -0.39 is 23.8 Å². The van der Waals surface area contributed by atoms with Gasteiger partial charge in [0.15, 0.2) is 11.5 Å². The number of hydrogen-bond acceptors (Lipinski definition) is 6. The van der Waals surface area contributed by atoms with Gasteiger partial charge in [-0.1, -0.05) is 18.2 Å². The molecule has 1 amide bonds. The van der Waals surface area contributed by atoms with Crippen LogP contribution in [0.25, 0.3) is 10.4 Å². The first kappa shape index (κ1) is 25.0. The van der Waals surface area contributed by atoms with E-state index >= 15 is 0 Å². The molecule has 4 rings (SSSR count). The largest absolute Gasteiger partial charge is 0.493 e. The van der Waals surface area contributed by atoms with Gasteiger partial charge in [0.25, 0.3) is 5.91 Å². The number of aliphatic hydroxyl groups excluding tert-OH is 1. The van der Waals surface area contributed by atoms with Gasteiger partial charge in [-0.25, -0.2) is 4.98 Å². The first-order chi connectivity index (χ1) is 16.7. The number of halogens is 3. The summed E-state index contributed by atoms with van der Waals surface area (Å²) < 4.78 is 50.2. The van der Waals surface area contributed by atoms with Crippen molar-refractivity contribution in [3.05, 3.63) is 64.8 Å². The zero-order valence-electron chi connectivity index (χ0n) is 19.2. The first-order valence-corrected chi connectivity index (χ1v) is 11.9. The minimum Gasteiger partial charge on any atom is -0.493 e. The smallest absolute Gasteiger partial charge is 0.416 e.